The number of nitrogens with zero attached hydrogens (tertiary/aromatic N) is 2. The van der Waals surface area contributed by atoms with Crippen molar-refractivity contribution < 1.29 is 9.59 Å². The molecule has 0 saturated carbocycles. The van der Waals surface area contributed by atoms with E-state index in [2.05, 4.69) is 18.3 Å². The van der Waals surface area contributed by atoms with Gasteiger partial charge in [-0.15, -0.1) is 0 Å². The first-order chi connectivity index (χ1) is 7.83. The van der Waals surface area contributed by atoms with Crippen LogP contribution in [0.1, 0.15) is 45.4 Å². The fourth-order valence-corrected chi connectivity index (χ4v) is 2.40. The molecule has 3 nitrogen and oxygen atoms in total. The third kappa shape index (κ3) is 4.62. The Morgan fingerprint density at radius 1 is 1.12 bits per heavy atom. The number of hydrogen-bond acceptors (Lipinski definition) is 2. The van der Waals surface area contributed by atoms with Gasteiger partial charge >= 0.3 is 0 Å². The van der Waals surface area contributed by atoms with Gasteiger partial charge in [-0.1, -0.05) is 32.6 Å². The summed E-state index contributed by atoms with van der Waals surface area (Å²) in [6.07, 6.45) is 10.1. The van der Waals surface area contributed by atoms with Crippen LogP contribution in [-0.2, 0) is 0 Å². The standard InChI is InChI=1S/C13H27N2O/c1-2-3-4-5-6-7-9-15(11-12-16)10-8-14-13-15/h13,16H,2-12H2,1H3/q+1. The molecule has 0 aromatic rings. The summed E-state index contributed by atoms with van der Waals surface area (Å²) in [6, 6.07) is 0. The van der Waals surface area contributed by atoms with E-state index in [1.54, 1.807) is 0 Å². The molecule has 1 N–H and O–H groups in total. The molecule has 0 radical (unpaired) electrons. The summed E-state index contributed by atoms with van der Waals surface area (Å²) >= 11 is 0. The van der Waals surface area contributed by atoms with E-state index >= 15 is 0 Å². The SMILES string of the molecule is CCCCCCCC[N+]1(CCO)C=NCC1. The van der Waals surface area contributed by atoms with Crippen LogP contribution in [0.3, 0.4) is 0 Å². The molecule has 0 fully saturated rings. The van der Waals surface area contributed by atoms with Crippen LogP contribution in [0.25, 0.3) is 0 Å². The predicted octanol–water partition coefficient (Wildman–Crippen LogP) is 2.20. The smallest absolute Gasteiger partial charge is 0.185 e. The number of aliphatic imine (C=N–C) groups is 1. The lowest BCUT2D eigenvalue weighted by Crippen LogP contribution is -2.48. The van der Waals surface area contributed by atoms with Gasteiger partial charge in [0.1, 0.15) is 13.1 Å². The minimum Gasteiger partial charge on any atom is -0.390 e. The summed E-state index contributed by atoms with van der Waals surface area (Å²) in [4.78, 5) is 4.32. The van der Waals surface area contributed by atoms with Crippen LogP contribution in [0.4, 0.5) is 0 Å². The molecule has 0 spiro atoms. The molecule has 1 aliphatic rings. The fraction of sp³-hybridized carbons (Fsp3) is 0.923. The van der Waals surface area contributed by atoms with Gasteiger partial charge in [0.2, 0.25) is 0 Å². The molecule has 0 bridgehead atoms. The zero-order valence-corrected chi connectivity index (χ0v) is 10.7. The molecule has 16 heavy (non-hydrogen) atoms. The van der Waals surface area contributed by atoms with Crippen LogP contribution in [0.15, 0.2) is 4.99 Å². The Labute approximate surface area is 99.8 Å². The largest absolute Gasteiger partial charge is 0.390 e. The molecule has 0 aliphatic carbocycles. The Morgan fingerprint density at radius 2 is 1.88 bits per heavy atom. The second-order valence-electron chi connectivity index (χ2n) is 4.90. The van der Waals surface area contributed by atoms with Crippen molar-refractivity contribution >= 4 is 6.34 Å². The van der Waals surface area contributed by atoms with Crippen LogP contribution in [0, 0.1) is 0 Å². The Kier molecular flexibility index (Phi) is 6.65. The molecule has 0 aromatic carbocycles. The molecule has 1 atom stereocenters. The second-order valence-corrected chi connectivity index (χ2v) is 4.90. The molecule has 94 valence electrons. The third-order valence-corrected chi connectivity index (χ3v) is 3.50. The van der Waals surface area contributed by atoms with E-state index in [4.69, 9.17) is 5.11 Å². The summed E-state index contributed by atoms with van der Waals surface area (Å²) in [5.41, 5.74) is 0. The molecular weight excluding hydrogens is 200 g/mol. The second kappa shape index (κ2) is 7.80. The number of quaternary nitrogens is 1. The van der Waals surface area contributed by atoms with Gasteiger partial charge in [0.25, 0.3) is 0 Å². The quantitative estimate of drug-likeness (QED) is 0.475. The van der Waals surface area contributed by atoms with Crippen molar-refractivity contribution in [2.75, 3.05) is 32.8 Å². The van der Waals surface area contributed by atoms with Crippen molar-refractivity contribution in [3.8, 4) is 0 Å². The minimum atomic E-state index is 0.280. The Hall–Kier alpha value is -0.410. The molecule has 0 amide bonds. The third-order valence-electron chi connectivity index (χ3n) is 3.50. The van der Waals surface area contributed by atoms with Crippen molar-refractivity contribution in [3.63, 3.8) is 0 Å². The van der Waals surface area contributed by atoms with Gasteiger partial charge in [-0.2, -0.15) is 0 Å². The molecular formula is C13H27N2O+. The van der Waals surface area contributed by atoms with Crippen molar-refractivity contribution in [1.82, 2.24) is 0 Å². The number of rotatable bonds is 9. The zero-order valence-electron chi connectivity index (χ0n) is 10.7. The topological polar surface area (TPSA) is 32.6 Å². The van der Waals surface area contributed by atoms with Gasteiger partial charge in [-0.3, -0.25) is 4.48 Å². The first-order valence-electron chi connectivity index (χ1n) is 6.80. The van der Waals surface area contributed by atoms with E-state index in [9.17, 15) is 0 Å². The summed E-state index contributed by atoms with van der Waals surface area (Å²) in [6.45, 7) is 6.57. The highest BCUT2D eigenvalue weighted by Crippen LogP contribution is 2.13. The number of aliphatic hydroxyl groups excluding tert-OH is 1. The van der Waals surface area contributed by atoms with Crippen molar-refractivity contribution in [2.45, 2.75) is 45.4 Å². The highest BCUT2D eigenvalue weighted by Gasteiger charge is 2.27. The van der Waals surface area contributed by atoms with Gasteiger partial charge in [0.15, 0.2) is 6.34 Å². The first kappa shape index (κ1) is 13.7. The fourth-order valence-electron chi connectivity index (χ4n) is 2.40. The highest BCUT2D eigenvalue weighted by molar-refractivity contribution is 5.48. The molecule has 0 saturated heterocycles. The molecule has 1 unspecified atom stereocenters. The number of aliphatic hydroxyl groups is 1. The normalized spacial score (nSPS) is 24.1. The summed E-state index contributed by atoms with van der Waals surface area (Å²) in [5.74, 6) is 0. The lowest BCUT2D eigenvalue weighted by Gasteiger charge is -2.29. The zero-order chi connectivity index (χ0) is 11.7. The van der Waals surface area contributed by atoms with E-state index in [0.717, 1.165) is 30.7 Å². The maximum atomic E-state index is 9.09. The number of unbranched alkanes of at least 4 members (excludes halogenated alkanes) is 5. The van der Waals surface area contributed by atoms with Gasteiger partial charge in [0, 0.05) is 0 Å². The van der Waals surface area contributed by atoms with Gasteiger partial charge < -0.3 is 5.11 Å². The van der Waals surface area contributed by atoms with Gasteiger partial charge in [0.05, 0.1) is 19.7 Å². The predicted molar refractivity (Wildman–Crippen MR) is 68.7 cm³/mol. The van der Waals surface area contributed by atoms with Crippen LogP contribution in [0.2, 0.25) is 0 Å². The van der Waals surface area contributed by atoms with Crippen molar-refractivity contribution in [2.24, 2.45) is 4.99 Å². The number of hydrogen-bond donors (Lipinski definition) is 1. The van der Waals surface area contributed by atoms with Crippen LogP contribution >= 0.6 is 0 Å². The maximum absolute atomic E-state index is 9.09. The summed E-state index contributed by atoms with van der Waals surface area (Å²) in [7, 11) is 0. The van der Waals surface area contributed by atoms with E-state index in [0.29, 0.717) is 0 Å². The first-order valence-corrected chi connectivity index (χ1v) is 6.80. The lowest BCUT2D eigenvalue weighted by molar-refractivity contribution is -0.829. The molecule has 3 heteroatoms. The summed E-state index contributed by atoms with van der Waals surface area (Å²) in [5, 5.41) is 9.09. The van der Waals surface area contributed by atoms with E-state index in [1.165, 1.54) is 38.5 Å². The van der Waals surface area contributed by atoms with Gasteiger partial charge in [-0.05, 0) is 12.8 Å². The van der Waals surface area contributed by atoms with Crippen LogP contribution < -0.4 is 0 Å². The van der Waals surface area contributed by atoms with Crippen molar-refractivity contribution in [1.29, 1.82) is 0 Å². The van der Waals surface area contributed by atoms with Crippen molar-refractivity contribution in [3.05, 3.63) is 0 Å². The Morgan fingerprint density at radius 3 is 2.50 bits per heavy atom. The van der Waals surface area contributed by atoms with Gasteiger partial charge in [-0.25, -0.2) is 4.99 Å². The molecule has 1 heterocycles. The molecule has 1 rings (SSSR count). The lowest BCUT2D eigenvalue weighted by atomic mass is 10.1. The maximum Gasteiger partial charge on any atom is 0.185 e. The van der Waals surface area contributed by atoms with E-state index in [1.807, 2.05) is 0 Å². The monoisotopic (exact) mass is 227 g/mol. The van der Waals surface area contributed by atoms with Crippen LogP contribution in [-0.4, -0.2) is 48.7 Å². The molecule has 1 aliphatic heterocycles. The average Bonchev–Trinajstić information content (AvgIpc) is 2.73. The summed E-state index contributed by atoms with van der Waals surface area (Å²) < 4.78 is 0.921. The van der Waals surface area contributed by atoms with E-state index < -0.39 is 0 Å². The van der Waals surface area contributed by atoms with E-state index in [-0.39, 0.29) is 6.61 Å². The highest BCUT2D eigenvalue weighted by atomic mass is 16.3. The average molecular weight is 227 g/mol. The Balaban J connectivity index is 2.11. The van der Waals surface area contributed by atoms with Crippen LogP contribution in [0.5, 0.6) is 0 Å². The Bertz CT molecular complexity index is 206. The minimum absolute atomic E-state index is 0.280. The molecule has 0 aromatic heterocycles.